The van der Waals surface area contributed by atoms with Crippen LogP contribution in [0.3, 0.4) is 0 Å². The van der Waals surface area contributed by atoms with Crippen molar-refractivity contribution in [1.29, 1.82) is 0 Å². The van der Waals surface area contributed by atoms with Crippen molar-refractivity contribution in [2.75, 3.05) is 39.3 Å². The summed E-state index contributed by atoms with van der Waals surface area (Å²) in [5.74, 6) is 1.66. The summed E-state index contributed by atoms with van der Waals surface area (Å²) >= 11 is 0. The molecule has 1 amide bonds. The quantitative estimate of drug-likeness (QED) is 0.265. The fraction of sp³-hybridized carbons (Fsp3) is 0.364. The number of H-pyrrole nitrogens is 1. The molecule has 2 heterocycles. The van der Waals surface area contributed by atoms with E-state index in [-0.39, 0.29) is 5.91 Å². The van der Waals surface area contributed by atoms with Gasteiger partial charge in [-0.1, -0.05) is 48.5 Å². The molecule has 0 unspecified atom stereocenters. The number of piperidine rings is 1. The highest BCUT2D eigenvalue weighted by Gasteiger charge is 2.22. The zero-order valence-electron chi connectivity index (χ0n) is 22.7. The van der Waals surface area contributed by atoms with Gasteiger partial charge < -0.3 is 14.6 Å². The molecule has 3 aromatic carbocycles. The third-order valence-corrected chi connectivity index (χ3v) is 7.93. The van der Waals surface area contributed by atoms with E-state index in [1.807, 2.05) is 36.9 Å². The Kier molecular flexibility index (Phi) is 8.44. The second-order valence-electron chi connectivity index (χ2n) is 10.2. The molecule has 5 heteroatoms. The van der Waals surface area contributed by atoms with E-state index < -0.39 is 0 Å². The lowest BCUT2D eigenvalue weighted by Crippen LogP contribution is -2.35. The third-order valence-electron chi connectivity index (χ3n) is 7.93. The maximum Gasteiger partial charge on any atom is 0.253 e. The second-order valence-corrected chi connectivity index (χ2v) is 10.2. The Morgan fingerprint density at radius 2 is 1.66 bits per heavy atom. The van der Waals surface area contributed by atoms with Crippen molar-refractivity contribution in [3.63, 3.8) is 0 Å². The molecular weight excluding hydrogens is 470 g/mol. The van der Waals surface area contributed by atoms with E-state index >= 15 is 0 Å². The average Bonchev–Trinajstić information content (AvgIpc) is 3.40. The lowest BCUT2D eigenvalue weighted by Gasteiger charge is -2.31. The van der Waals surface area contributed by atoms with Gasteiger partial charge in [0.25, 0.3) is 5.91 Å². The molecule has 5 nitrogen and oxygen atoms in total. The van der Waals surface area contributed by atoms with Crippen LogP contribution < -0.4 is 4.74 Å². The van der Waals surface area contributed by atoms with Crippen molar-refractivity contribution in [2.24, 2.45) is 0 Å². The van der Waals surface area contributed by atoms with Crippen LogP contribution in [0.25, 0.3) is 10.9 Å². The molecule has 1 aliphatic rings. The van der Waals surface area contributed by atoms with Crippen molar-refractivity contribution in [3.05, 3.63) is 101 Å². The van der Waals surface area contributed by atoms with E-state index in [0.29, 0.717) is 12.5 Å². The zero-order valence-corrected chi connectivity index (χ0v) is 22.7. The number of benzene rings is 3. The van der Waals surface area contributed by atoms with E-state index in [1.54, 1.807) is 0 Å². The average molecular weight is 510 g/mol. The molecule has 1 saturated heterocycles. The first-order valence-corrected chi connectivity index (χ1v) is 14.0. The maximum absolute atomic E-state index is 12.6. The van der Waals surface area contributed by atoms with E-state index in [1.165, 1.54) is 40.4 Å². The Morgan fingerprint density at radius 1 is 0.947 bits per heavy atom. The summed E-state index contributed by atoms with van der Waals surface area (Å²) in [6.45, 7) is 9.32. The Hall–Kier alpha value is -3.57. The van der Waals surface area contributed by atoms with Gasteiger partial charge in [-0.05, 0) is 86.7 Å². The molecule has 0 atom stereocenters. The summed E-state index contributed by atoms with van der Waals surface area (Å²) in [7, 11) is 0. The molecule has 38 heavy (non-hydrogen) atoms. The summed E-state index contributed by atoms with van der Waals surface area (Å²) in [6.07, 6.45) is 5.36. The number of aromatic nitrogens is 1. The minimum absolute atomic E-state index is 0.0933. The van der Waals surface area contributed by atoms with E-state index in [9.17, 15) is 4.79 Å². The van der Waals surface area contributed by atoms with Crippen molar-refractivity contribution < 1.29 is 9.53 Å². The second kappa shape index (κ2) is 12.3. The van der Waals surface area contributed by atoms with Gasteiger partial charge in [0, 0.05) is 48.7 Å². The molecule has 198 valence electrons. The largest absolute Gasteiger partial charge is 0.492 e. The van der Waals surface area contributed by atoms with Gasteiger partial charge in [-0.3, -0.25) is 9.69 Å². The summed E-state index contributed by atoms with van der Waals surface area (Å²) in [5.41, 5.74) is 5.80. The molecule has 4 aromatic rings. The minimum Gasteiger partial charge on any atom is -0.492 e. The number of para-hydroxylation sites is 2. The molecular formula is C33H39N3O2. The number of nitrogens with zero attached hydrogens (tertiary/aromatic N) is 2. The van der Waals surface area contributed by atoms with Gasteiger partial charge in [0.2, 0.25) is 0 Å². The molecule has 1 aromatic heterocycles. The summed E-state index contributed by atoms with van der Waals surface area (Å²) in [4.78, 5) is 20.4. The highest BCUT2D eigenvalue weighted by molar-refractivity contribution is 5.94. The van der Waals surface area contributed by atoms with Gasteiger partial charge in [-0.15, -0.1) is 0 Å². The number of carbonyl (C=O) groups excluding carboxylic acids is 1. The SMILES string of the molecule is CCN(CC)C(=O)c1ccc(Cc2ccccc2OCCN2CCC(c3c[nH]c4ccccc34)CC2)cc1. The van der Waals surface area contributed by atoms with Crippen LogP contribution in [0.2, 0.25) is 0 Å². The molecule has 5 rings (SSSR count). The Labute approximate surface area is 226 Å². The highest BCUT2D eigenvalue weighted by atomic mass is 16.5. The Bertz CT molecular complexity index is 1330. The number of amides is 1. The normalized spacial score (nSPS) is 14.6. The molecule has 1 aliphatic heterocycles. The van der Waals surface area contributed by atoms with Crippen molar-refractivity contribution in [1.82, 2.24) is 14.8 Å². The van der Waals surface area contributed by atoms with Gasteiger partial charge in [0.1, 0.15) is 12.4 Å². The van der Waals surface area contributed by atoms with Crippen LogP contribution in [0.5, 0.6) is 5.75 Å². The first-order chi connectivity index (χ1) is 18.7. The summed E-state index contributed by atoms with van der Waals surface area (Å²) < 4.78 is 6.28. The lowest BCUT2D eigenvalue weighted by molar-refractivity contribution is 0.0773. The van der Waals surface area contributed by atoms with Crippen LogP contribution in [0.15, 0.2) is 79.0 Å². The number of ether oxygens (including phenoxy) is 1. The van der Waals surface area contributed by atoms with Gasteiger partial charge >= 0.3 is 0 Å². The lowest BCUT2D eigenvalue weighted by atomic mass is 9.89. The van der Waals surface area contributed by atoms with Crippen molar-refractivity contribution >= 4 is 16.8 Å². The van der Waals surface area contributed by atoms with Crippen molar-refractivity contribution in [3.8, 4) is 5.75 Å². The number of fused-ring (bicyclic) bond motifs is 1. The number of nitrogens with one attached hydrogen (secondary N) is 1. The first-order valence-electron chi connectivity index (χ1n) is 14.0. The number of rotatable bonds is 10. The predicted octanol–water partition coefficient (Wildman–Crippen LogP) is 6.50. The van der Waals surface area contributed by atoms with Crippen LogP contribution >= 0.6 is 0 Å². The number of carbonyl (C=O) groups is 1. The number of hydrogen-bond acceptors (Lipinski definition) is 3. The fourth-order valence-corrected chi connectivity index (χ4v) is 5.65. The summed E-state index contributed by atoms with van der Waals surface area (Å²) in [5, 5.41) is 1.37. The minimum atomic E-state index is 0.0933. The fourth-order valence-electron chi connectivity index (χ4n) is 5.65. The molecule has 0 bridgehead atoms. The Morgan fingerprint density at radius 3 is 2.42 bits per heavy atom. The van der Waals surface area contributed by atoms with Crippen LogP contribution in [0.1, 0.15) is 59.7 Å². The van der Waals surface area contributed by atoms with Gasteiger partial charge in [-0.2, -0.15) is 0 Å². The van der Waals surface area contributed by atoms with Gasteiger partial charge in [0.05, 0.1) is 0 Å². The third kappa shape index (κ3) is 5.94. The van der Waals surface area contributed by atoms with Crippen molar-refractivity contribution in [2.45, 2.75) is 39.0 Å². The van der Waals surface area contributed by atoms with E-state index in [4.69, 9.17) is 4.74 Å². The maximum atomic E-state index is 12.6. The van der Waals surface area contributed by atoms with Gasteiger partial charge in [0.15, 0.2) is 0 Å². The van der Waals surface area contributed by atoms with Crippen LogP contribution in [-0.2, 0) is 6.42 Å². The van der Waals surface area contributed by atoms with E-state index in [0.717, 1.165) is 50.5 Å². The number of aromatic amines is 1. The van der Waals surface area contributed by atoms with Crippen LogP contribution in [-0.4, -0.2) is 60.0 Å². The zero-order chi connectivity index (χ0) is 26.3. The summed E-state index contributed by atoms with van der Waals surface area (Å²) in [6, 6.07) is 24.9. The number of likely N-dealkylation sites (tertiary alicyclic amines) is 1. The highest BCUT2D eigenvalue weighted by Crippen LogP contribution is 2.33. The van der Waals surface area contributed by atoms with Gasteiger partial charge in [-0.25, -0.2) is 0 Å². The standard InChI is InChI=1S/C33H39N3O2/c1-3-36(4-2)33(37)27-15-13-25(14-16-27)23-28-9-5-8-12-32(28)38-22-21-35-19-17-26(18-20-35)30-24-34-31-11-7-6-10-29(30)31/h5-16,24,26,34H,3-4,17-23H2,1-2H3. The molecule has 1 N–H and O–H groups in total. The smallest absolute Gasteiger partial charge is 0.253 e. The molecule has 0 spiro atoms. The first kappa shape index (κ1) is 26.1. The van der Waals surface area contributed by atoms with Crippen LogP contribution in [0, 0.1) is 0 Å². The Balaban J connectivity index is 1.12. The topological polar surface area (TPSA) is 48.6 Å². The van der Waals surface area contributed by atoms with E-state index in [2.05, 4.69) is 70.7 Å². The molecule has 0 saturated carbocycles. The monoisotopic (exact) mass is 509 g/mol. The van der Waals surface area contributed by atoms with Crippen LogP contribution in [0.4, 0.5) is 0 Å². The molecule has 0 radical (unpaired) electrons. The number of hydrogen-bond donors (Lipinski definition) is 1. The molecule has 0 aliphatic carbocycles. The predicted molar refractivity (Wildman–Crippen MR) is 155 cm³/mol. The molecule has 1 fully saturated rings.